The monoisotopic (exact) mass is 832 g/mol. The van der Waals surface area contributed by atoms with Gasteiger partial charge in [-0.15, -0.1) is 13.2 Å². The first-order valence-corrected chi connectivity index (χ1v) is 12.2. The fraction of sp³-hybridized carbons (Fsp3) is 0.100. The molecule has 3 aromatic rings. The minimum atomic E-state index is -4.71. The summed E-state index contributed by atoms with van der Waals surface area (Å²) in [5, 5.41) is 0. The summed E-state index contributed by atoms with van der Waals surface area (Å²) in [5.41, 5.74) is 5.32. The van der Waals surface area contributed by atoms with Crippen LogP contribution < -0.4 is 4.74 Å². The quantitative estimate of drug-likeness (QED) is 0.241. The van der Waals surface area contributed by atoms with Crippen molar-refractivity contribution in [1.29, 1.82) is 0 Å². The molecule has 0 aliphatic heterocycles. The highest BCUT2D eigenvalue weighted by Gasteiger charge is 2.33. The summed E-state index contributed by atoms with van der Waals surface area (Å²) < 4.78 is 45.1. The Morgan fingerprint density at radius 2 is 1.18 bits per heavy atom. The van der Waals surface area contributed by atoms with Gasteiger partial charge in [-0.3, -0.25) is 0 Å². The van der Waals surface area contributed by atoms with Crippen molar-refractivity contribution in [1.82, 2.24) is 0 Å². The molecule has 0 aromatic heterocycles. The van der Waals surface area contributed by atoms with Crippen molar-refractivity contribution in [2.75, 3.05) is 0 Å². The second kappa shape index (κ2) is 9.12. The fourth-order valence-corrected chi connectivity index (χ4v) is 6.50. The molecule has 0 N–H and O–H groups in total. The standard InChI is InChI=1S/C20H11F3I4O/c1-10-2-4-13(15(24)6-10)11-3-5-14(16(25)7-11)12-8-17(26)19(18(27)9-12)28-20(21,22)23/h2-9H,1H3. The second-order valence-corrected chi connectivity index (χ2v) is 10.6. The molecule has 3 rings (SSSR count). The Kier molecular flexibility index (Phi) is 7.44. The molecular formula is C20H11F3I4O. The molecule has 146 valence electrons. The van der Waals surface area contributed by atoms with Gasteiger partial charge in [0.2, 0.25) is 0 Å². The smallest absolute Gasteiger partial charge is 0.404 e. The molecule has 0 spiro atoms. The summed E-state index contributed by atoms with van der Waals surface area (Å²) in [6.45, 7) is 2.06. The van der Waals surface area contributed by atoms with Crippen molar-refractivity contribution in [2.45, 2.75) is 13.3 Å². The molecule has 0 saturated heterocycles. The maximum atomic E-state index is 12.6. The van der Waals surface area contributed by atoms with Crippen LogP contribution in [0, 0.1) is 21.2 Å². The summed E-state index contributed by atoms with van der Waals surface area (Å²) in [4.78, 5) is 0. The van der Waals surface area contributed by atoms with Crippen molar-refractivity contribution in [3.63, 3.8) is 0 Å². The topological polar surface area (TPSA) is 9.23 Å². The van der Waals surface area contributed by atoms with Crippen LogP contribution in [0.25, 0.3) is 22.3 Å². The molecule has 8 heteroatoms. The van der Waals surface area contributed by atoms with Crippen LogP contribution in [-0.4, -0.2) is 6.36 Å². The van der Waals surface area contributed by atoms with E-state index in [1.807, 2.05) is 57.3 Å². The van der Waals surface area contributed by atoms with E-state index in [0.29, 0.717) is 7.14 Å². The van der Waals surface area contributed by atoms with Crippen molar-refractivity contribution in [3.8, 4) is 28.0 Å². The molecule has 0 amide bonds. The lowest BCUT2D eigenvalue weighted by molar-refractivity contribution is -0.275. The lowest BCUT2D eigenvalue weighted by Crippen LogP contribution is -2.18. The van der Waals surface area contributed by atoms with Gasteiger partial charge in [-0.2, -0.15) is 0 Å². The third-order valence-corrected chi connectivity index (χ3v) is 7.32. The first kappa shape index (κ1) is 22.8. The summed E-state index contributed by atoms with van der Waals surface area (Å²) in [6.07, 6.45) is -4.71. The van der Waals surface area contributed by atoms with Gasteiger partial charge in [0.05, 0.1) is 7.14 Å². The molecule has 0 aliphatic rings. The van der Waals surface area contributed by atoms with Crippen LogP contribution >= 0.6 is 90.4 Å². The Morgan fingerprint density at radius 3 is 1.71 bits per heavy atom. The SMILES string of the molecule is Cc1ccc(-c2ccc(-c3cc(I)c(OC(F)(F)F)c(I)c3)c(I)c2)c(I)c1. The van der Waals surface area contributed by atoms with E-state index in [-0.39, 0.29) is 5.75 Å². The van der Waals surface area contributed by atoms with Gasteiger partial charge in [-0.05, 0) is 144 Å². The highest BCUT2D eigenvalue weighted by atomic mass is 127. The van der Waals surface area contributed by atoms with Crippen LogP contribution in [0.4, 0.5) is 13.2 Å². The molecule has 1 nitrogen and oxygen atoms in total. The Balaban J connectivity index is 2.01. The number of hydrogen-bond donors (Lipinski definition) is 0. The summed E-state index contributed by atoms with van der Waals surface area (Å²) in [7, 11) is 0. The minimum Gasteiger partial charge on any atom is -0.404 e. The Morgan fingerprint density at radius 1 is 0.679 bits per heavy atom. The van der Waals surface area contributed by atoms with Gasteiger partial charge in [-0.25, -0.2) is 0 Å². The summed E-state index contributed by atoms with van der Waals surface area (Å²) in [5.74, 6) is -0.154. The highest BCUT2D eigenvalue weighted by molar-refractivity contribution is 14.1. The lowest BCUT2D eigenvalue weighted by Gasteiger charge is -2.15. The van der Waals surface area contributed by atoms with Crippen molar-refractivity contribution in [2.24, 2.45) is 0 Å². The molecular weight excluding hydrogens is 821 g/mol. The van der Waals surface area contributed by atoms with E-state index in [1.165, 1.54) is 9.13 Å². The van der Waals surface area contributed by atoms with E-state index in [2.05, 4.69) is 81.1 Å². The predicted molar refractivity (Wildman–Crippen MR) is 140 cm³/mol. The number of alkyl halides is 3. The largest absolute Gasteiger partial charge is 0.573 e. The van der Waals surface area contributed by atoms with Gasteiger partial charge >= 0.3 is 6.36 Å². The van der Waals surface area contributed by atoms with E-state index in [1.54, 1.807) is 12.1 Å². The Labute approximate surface area is 215 Å². The number of hydrogen-bond acceptors (Lipinski definition) is 1. The molecule has 0 radical (unpaired) electrons. The first-order chi connectivity index (χ1) is 13.0. The molecule has 3 aromatic carbocycles. The lowest BCUT2D eigenvalue weighted by atomic mass is 9.99. The summed E-state index contributed by atoms with van der Waals surface area (Å²) >= 11 is 8.36. The van der Waals surface area contributed by atoms with Crippen LogP contribution in [0.5, 0.6) is 5.75 Å². The van der Waals surface area contributed by atoms with Gasteiger partial charge in [0, 0.05) is 7.14 Å². The van der Waals surface area contributed by atoms with E-state index in [4.69, 9.17) is 0 Å². The van der Waals surface area contributed by atoms with Crippen LogP contribution in [-0.2, 0) is 0 Å². The highest BCUT2D eigenvalue weighted by Crippen LogP contribution is 2.38. The molecule has 0 heterocycles. The van der Waals surface area contributed by atoms with E-state index < -0.39 is 6.36 Å². The first-order valence-electron chi connectivity index (χ1n) is 7.86. The maximum Gasteiger partial charge on any atom is 0.573 e. The van der Waals surface area contributed by atoms with Crippen molar-refractivity contribution in [3.05, 3.63) is 68.4 Å². The molecule has 0 atom stereocenters. The van der Waals surface area contributed by atoms with Crippen molar-refractivity contribution >= 4 is 90.4 Å². The summed E-state index contributed by atoms with van der Waals surface area (Å²) in [6, 6.07) is 15.9. The molecule has 0 unspecified atom stereocenters. The number of aryl methyl sites for hydroxylation is 1. The van der Waals surface area contributed by atoms with Gasteiger partial charge < -0.3 is 4.74 Å². The normalized spacial score (nSPS) is 11.6. The number of rotatable bonds is 3. The molecule has 0 saturated carbocycles. The zero-order chi connectivity index (χ0) is 20.6. The van der Waals surface area contributed by atoms with E-state index >= 15 is 0 Å². The maximum absolute atomic E-state index is 12.6. The van der Waals surface area contributed by atoms with Gasteiger partial charge in [0.15, 0.2) is 5.75 Å². The zero-order valence-electron chi connectivity index (χ0n) is 14.2. The number of ether oxygens (including phenoxy) is 1. The zero-order valence-corrected chi connectivity index (χ0v) is 22.8. The van der Waals surface area contributed by atoms with Gasteiger partial charge in [-0.1, -0.05) is 29.8 Å². The fourth-order valence-electron chi connectivity index (χ4n) is 2.70. The Bertz CT molecular complexity index is 1030. The molecule has 0 bridgehead atoms. The van der Waals surface area contributed by atoms with Crippen LogP contribution in [0.1, 0.15) is 5.56 Å². The molecule has 0 aliphatic carbocycles. The van der Waals surface area contributed by atoms with Gasteiger partial charge in [0.25, 0.3) is 0 Å². The number of halogens is 7. The minimum absolute atomic E-state index is 0.154. The van der Waals surface area contributed by atoms with E-state index in [0.717, 1.165) is 25.8 Å². The third-order valence-electron chi connectivity index (χ3n) is 3.93. The van der Waals surface area contributed by atoms with Crippen LogP contribution in [0.3, 0.4) is 0 Å². The van der Waals surface area contributed by atoms with E-state index in [9.17, 15) is 13.2 Å². The molecule has 28 heavy (non-hydrogen) atoms. The van der Waals surface area contributed by atoms with Crippen molar-refractivity contribution < 1.29 is 17.9 Å². The third kappa shape index (κ3) is 5.45. The van der Waals surface area contributed by atoms with Crippen LogP contribution in [0.15, 0.2) is 48.5 Å². The number of benzene rings is 3. The molecule has 0 fully saturated rings. The Hall–Kier alpha value is 0.170. The second-order valence-electron chi connectivity index (χ2n) is 5.99. The predicted octanol–water partition coefficient (Wildman–Crippen LogP) is 8.65. The average molecular weight is 832 g/mol. The van der Waals surface area contributed by atoms with Gasteiger partial charge in [0.1, 0.15) is 0 Å². The average Bonchev–Trinajstić information content (AvgIpc) is 2.57. The van der Waals surface area contributed by atoms with Crippen LogP contribution in [0.2, 0.25) is 0 Å².